The third-order valence-corrected chi connectivity index (χ3v) is 2.36. The summed E-state index contributed by atoms with van der Waals surface area (Å²) in [5.74, 6) is -0.731. The van der Waals surface area contributed by atoms with Gasteiger partial charge in [-0.1, -0.05) is 19.1 Å². The number of hydrogen-bond acceptors (Lipinski definition) is 0. The maximum absolute atomic E-state index is 13.2. The number of hydrogen-bond donors (Lipinski definition) is 0. The lowest BCUT2D eigenvalue weighted by atomic mass is 10.0. The molecule has 0 spiro atoms. The molecule has 0 aliphatic heterocycles. The summed E-state index contributed by atoms with van der Waals surface area (Å²) in [4.78, 5) is 0. The minimum Gasteiger partial charge on any atom is -0.250 e. The first-order chi connectivity index (χ1) is 5.66. The standard InChI is InChI=1S/C9H9BrF2/c1-6(5-11)7-3-2-4-8(10)9(7)12/h2-4,6H,5H2,1H3. The van der Waals surface area contributed by atoms with Gasteiger partial charge in [0, 0.05) is 5.92 Å². The number of benzene rings is 1. The van der Waals surface area contributed by atoms with E-state index in [0.717, 1.165) is 0 Å². The van der Waals surface area contributed by atoms with Crippen LogP contribution >= 0.6 is 15.9 Å². The lowest BCUT2D eigenvalue weighted by Gasteiger charge is -2.08. The lowest BCUT2D eigenvalue weighted by Crippen LogP contribution is -1.99. The summed E-state index contributed by atoms with van der Waals surface area (Å²) >= 11 is 3.05. The van der Waals surface area contributed by atoms with Crippen LogP contribution in [-0.2, 0) is 0 Å². The topological polar surface area (TPSA) is 0 Å². The average molecular weight is 235 g/mol. The Bertz CT molecular complexity index is 273. The maximum atomic E-state index is 13.2. The Kier molecular flexibility index (Phi) is 3.20. The van der Waals surface area contributed by atoms with Gasteiger partial charge in [-0.05, 0) is 27.6 Å². The summed E-state index contributed by atoms with van der Waals surface area (Å²) in [5, 5.41) is 0. The molecule has 0 bridgehead atoms. The summed E-state index contributed by atoms with van der Waals surface area (Å²) in [7, 11) is 0. The predicted molar refractivity (Wildman–Crippen MR) is 48.5 cm³/mol. The van der Waals surface area contributed by atoms with Gasteiger partial charge < -0.3 is 0 Å². The summed E-state index contributed by atoms with van der Waals surface area (Å²) in [5.41, 5.74) is 0.423. The Balaban J connectivity index is 3.07. The number of rotatable bonds is 2. The molecule has 0 aliphatic rings. The highest BCUT2D eigenvalue weighted by Gasteiger charge is 2.11. The smallest absolute Gasteiger partial charge is 0.140 e. The molecular formula is C9H9BrF2. The van der Waals surface area contributed by atoms with Crippen LogP contribution in [0.5, 0.6) is 0 Å². The molecule has 0 saturated heterocycles. The van der Waals surface area contributed by atoms with E-state index in [0.29, 0.717) is 10.0 Å². The fourth-order valence-electron chi connectivity index (χ4n) is 0.984. The van der Waals surface area contributed by atoms with E-state index < -0.39 is 6.67 Å². The van der Waals surface area contributed by atoms with E-state index in [9.17, 15) is 8.78 Å². The van der Waals surface area contributed by atoms with Gasteiger partial charge in [0.15, 0.2) is 0 Å². The highest BCUT2D eigenvalue weighted by Crippen LogP contribution is 2.24. The molecule has 0 saturated carbocycles. The Labute approximate surface area is 78.7 Å². The van der Waals surface area contributed by atoms with Crippen molar-refractivity contribution in [3.05, 3.63) is 34.1 Å². The summed E-state index contributed by atoms with van der Waals surface area (Å²) < 4.78 is 25.8. The van der Waals surface area contributed by atoms with Crippen molar-refractivity contribution in [2.45, 2.75) is 12.8 Å². The quantitative estimate of drug-likeness (QED) is 0.733. The van der Waals surface area contributed by atoms with E-state index in [-0.39, 0.29) is 11.7 Å². The van der Waals surface area contributed by atoms with Crippen molar-refractivity contribution in [1.82, 2.24) is 0 Å². The molecule has 3 heteroatoms. The van der Waals surface area contributed by atoms with Crippen LogP contribution in [0.15, 0.2) is 22.7 Å². The molecule has 1 rings (SSSR count). The highest BCUT2D eigenvalue weighted by molar-refractivity contribution is 9.10. The van der Waals surface area contributed by atoms with E-state index in [1.165, 1.54) is 0 Å². The molecule has 66 valence electrons. The molecule has 0 N–H and O–H groups in total. The first-order valence-electron chi connectivity index (χ1n) is 3.66. The zero-order valence-electron chi connectivity index (χ0n) is 6.65. The largest absolute Gasteiger partial charge is 0.250 e. The van der Waals surface area contributed by atoms with E-state index in [1.54, 1.807) is 25.1 Å². The molecule has 0 fully saturated rings. The molecule has 0 amide bonds. The fourth-order valence-corrected chi connectivity index (χ4v) is 1.37. The first-order valence-corrected chi connectivity index (χ1v) is 4.46. The molecule has 1 unspecified atom stereocenters. The van der Waals surface area contributed by atoms with E-state index in [4.69, 9.17) is 0 Å². The molecule has 0 radical (unpaired) electrons. The minimum absolute atomic E-state index is 0.359. The van der Waals surface area contributed by atoms with Crippen LogP contribution < -0.4 is 0 Å². The number of alkyl halides is 1. The van der Waals surface area contributed by atoms with Crippen LogP contribution in [-0.4, -0.2) is 6.67 Å². The Morgan fingerprint density at radius 2 is 2.17 bits per heavy atom. The zero-order chi connectivity index (χ0) is 9.14. The second kappa shape index (κ2) is 3.99. The first kappa shape index (κ1) is 9.65. The predicted octanol–water partition coefficient (Wildman–Crippen LogP) is 3.66. The van der Waals surface area contributed by atoms with Crippen LogP contribution in [0.2, 0.25) is 0 Å². The molecule has 1 aromatic carbocycles. The van der Waals surface area contributed by atoms with Crippen LogP contribution in [0, 0.1) is 5.82 Å². The van der Waals surface area contributed by atoms with Gasteiger partial charge >= 0.3 is 0 Å². The van der Waals surface area contributed by atoms with Crippen molar-refractivity contribution in [3.8, 4) is 0 Å². The van der Waals surface area contributed by atoms with Gasteiger partial charge in [-0.15, -0.1) is 0 Å². The van der Waals surface area contributed by atoms with Crippen LogP contribution in [0.3, 0.4) is 0 Å². The zero-order valence-corrected chi connectivity index (χ0v) is 8.24. The molecule has 0 aliphatic carbocycles. The third kappa shape index (κ3) is 1.83. The van der Waals surface area contributed by atoms with Gasteiger partial charge in [-0.3, -0.25) is 4.39 Å². The summed E-state index contributed by atoms with van der Waals surface area (Å²) in [6, 6.07) is 4.91. The van der Waals surface area contributed by atoms with Gasteiger partial charge in [0.1, 0.15) is 5.82 Å². The van der Waals surface area contributed by atoms with E-state index in [1.807, 2.05) is 0 Å². The molecule has 0 aromatic heterocycles. The van der Waals surface area contributed by atoms with Crippen molar-refractivity contribution >= 4 is 15.9 Å². The van der Waals surface area contributed by atoms with E-state index in [2.05, 4.69) is 15.9 Å². The Hall–Kier alpha value is -0.440. The van der Waals surface area contributed by atoms with Crippen LogP contribution in [0.25, 0.3) is 0 Å². The van der Waals surface area contributed by atoms with Crippen molar-refractivity contribution in [2.24, 2.45) is 0 Å². The summed E-state index contributed by atoms with van der Waals surface area (Å²) in [6.07, 6.45) is 0. The normalized spacial score (nSPS) is 13.0. The van der Waals surface area contributed by atoms with Crippen molar-refractivity contribution in [3.63, 3.8) is 0 Å². The number of halogens is 3. The average Bonchev–Trinajstić information content (AvgIpc) is 2.08. The molecule has 1 atom stereocenters. The van der Waals surface area contributed by atoms with Crippen molar-refractivity contribution in [2.75, 3.05) is 6.67 Å². The second-order valence-electron chi connectivity index (χ2n) is 2.70. The molecule has 12 heavy (non-hydrogen) atoms. The Morgan fingerprint density at radius 1 is 1.50 bits per heavy atom. The molecular weight excluding hydrogens is 226 g/mol. The maximum Gasteiger partial charge on any atom is 0.140 e. The minimum atomic E-state index is -0.534. The molecule has 0 nitrogen and oxygen atoms in total. The van der Waals surface area contributed by atoms with Gasteiger partial charge in [0.25, 0.3) is 0 Å². The molecule has 0 heterocycles. The molecule has 1 aromatic rings. The van der Waals surface area contributed by atoms with Gasteiger partial charge in [0.2, 0.25) is 0 Å². The van der Waals surface area contributed by atoms with Crippen molar-refractivity contribution in [1.29, 1.82) is 0 Å². The van der Waals surface area contributed by atoms with Gasteiger partial charge in [-0.25, -0.2) is 4.39 Å². The SMILES string of the molecule is CC(CF)c1cccc(Br)c1F. The fraction of sp³-hybridized carbons (Fsp3) is 0.333. The Morgan fingerprint density at radius 3 is 2.75 bits per heavy atom. The van der Waals surface area contributed by atoms with E-state index >= 15 is 0 Å². The van der Waals surface area contributed by atoms with Crippen LogP contribution in [0.4, 0.5) is 8.78 Å². The second-order valence-corrected chi connectivity index (χ2v) is 3.55. The van der Waals surface area contributed by atoms with Gasteiger partial charge in [0.05, 0.1) is 11.1 Å². The lowest BCUT2D eigenvalue weighted by molar-refractivity contribution is 0.436. The third-order valence-electron chi connectivity index (χ3n) is 1.74. The summed E-state index contributed by atoms with van der Waals surface area (Å²) in [6.45, 7) is 1.12. The van der Waals surface area contributed by atoms with Crippen LogP contribution in [0.1, 0.15) is 18.4 Å². The monoisotopic (exact) mass is 234 g/mol. The highest BCUT2D eigenvalue weighted by atomic mass is 79.9. The van der Waals surface area contributed by atoms with Crippen molar-refractivity contribution < 1.29 is 8.78 Å². The van der Waals surface area contributed by atoms with Gasteiger partial charge in [-0.2, -0.15) is 0 Å².